The Morgan fingerprint density at radius 3 is 2.95 bits per heavy atom. The molecule has 1 atom stereocenters. The van der Waals surface area contributed by atoms with Crippen LogP contribution in [-0.4, -0.2) is 21.7 Å². The molecule has 1 aromatic carbocycles. The quantitative estimate of drug-likeness (QED) is 0.760. The Kier molecular flexibility index (Phi) is 2.86. The highest BCUT2D eigenvalue weighted by Gasteiger charge is 2.25. The predicted molar refractivity (Wildman–Crippen MR) is 79.7 cm³/mol. The van der Waals surface area contributed by atoms with Gasteiger partial charge in [-0.25, -0.2) is 4.98 Å². The monoisotopic (exact) mass is 282 g/mol. The molecule has 1 aliphatic heterocycles. The fraction of sp³-hybridized carbons (Fsp3) is 0.200. The van der Waals surface area contributed by atoms with E-state index in [0.717, 1.165) is 30.2 Å². The molecule has 100 valence electrons. The van der Waals surface area contributed by atoms with Gasteiger partial charge in [-0.2, -0.15) is 5.10 Å². The summed E-state index contributed by atoms with van der Waals surface area (Å²) in [6, 6.07) is 12.4. The molecule has 0 radical (unpaired) electrons. The van der Waals surface area contributed by atoms with Crippen LogP contribution in [0, 0.1) is 0 Å². The van der Waals surface area contributed by atoms with E-state index < -0.39 is 0 Å². The van der Waals surface area contributed by atoms with Crippen molar-refractivity contribution in [1.82, 2.24) is 20.5 Å². The normalized spacial score (nSPS) is 17.9. The predicted octanol–water partition coefficient (Wildman–Crippen LogP) is 2.77. The van der Waals surface area contributed by atoms with Crippen LogP contribution in [-0.2, 0) is 6.42 Å². The van der Waals surface area contributed by atoms with Crippen molar-refractivity contribution < 1.29 is 0 Å². The third kappa shape index (κ3) is 1.95. The molecule has 1 unspecified atom stereocenters. The van der Waals surface area contributed by atoms with Crippen molar-refractivity contribution in [2.24, 2.45) is 0 Å². The first-order valence-electron chi connectivity index (χ1n) is 6.69. The largest absolute Gasteiger partial charge is 0.303 e. The summed E-state index contributed by atoms with van der Waals surface area (Å²) in [6.07, 6.45) is 1.10. The molecular weight excluding hydrogens is 268 g/mol. The lowest BCUT2D eigenvalue weighted by Gasteiger charge is -2.21. The number of nitrogens with one attached hydrogen (secondary N) is 2. The number of hydrogen-bond acceptors (Lipinski definition) is 4. The lowest BCUT2D eigenvalue weighted by molar-refractivity contribution is 0.551. The van der Waals surface area contributed by atoms with Gasteiger partial charge >= 0.3 is 0 Å². The van der Waals surface area contributed by atoms with Crippen LogP contribution in [0.4, 0.5) is 0 Å². The molecule has 0 spiro atoms. The van der Waals surface area contributed by atoms with E-state index in [2.05, 4.69) is 31.9 Å². The topological polar surface area (TPSA) is 53.6 Å². The summed E-state index contributed by atoms with van der Waals surface area (Å²) in [5.74, 6) is 1.65. The molecule has 20 heavy (non-hydrogen) atoms. The van der Waals surface area contributed by atoms with Gasteiger partial charge in [0.1, 0.15) is 5.82 Å². The van der Waals surface area contributed by atoms with Crippen molar-refractivity contribution in [3.05, 3.63) is 58.0 Å². The SMILES string of the molecule is c1ccc(-c2n[nH]c(C3NCCc4sccc43)n2)cc1. The van der Waals surface area contributed by atoms with Gasteiger partial charge in [-0.15, -0.1) is 11.3 Å². The third-order valence-corrected chi connectivity index (χ3v) is 4.60. The minimum atomic E-state index is 0.134. The summed E-state index contributed by atoms with van der Waals surface area (Å²) in [7, 11) is 0. The van der Waals surface area contributed by atoms with Crippen molar-refractivity contribution in [3.63, 3.8) is 0 Å². The van der Waals surface area contributed by atoms with Gasteiger partial charge in [-0.1, -0.05) is 30.3 Å². The molecule has 0 bridgehead atoms. The van der Waals surface area contributed by atoms with E-state index in [-0.39, 0.29) is 6.04 Å². The molecule has 1 aliphatic rings. The van der Waals surface area contributed by atoms with Gasteiger partial charge in [-0.3, -0.25) is 5.10 Å². The minimum absolute atomic E-state index is 0.134. The number of thiophene rings is 1. The van der Waals surface area contributed by atoms with Crippen molar-refractivity contribution in [2.75, 3.05) is 6.54 Å². The molecule has 2 aromatic heterocycles. The van der Waals surface area contributed by atoms with Gasteiger partial charge in [0.15, 0.2) is 5.82 Å². The Morgan fingerprint density at radius 2 is 2.05 bits per heavy atom. The summed E-state index contributed by atoms with van der Waals surface area (Å²) >= 11 is 1.82. The average Bonchev–Trinajstić information content (AvgIpc) is 3.17. The summed E-state index contributed by atoms with van der Waals surface area (Å²) in [5, 5.41) is 13.1. The summed E-state index contributed by atoms with van der Waals surface area (Å²) in [6.45, 7) is 0.986. The van der Waals surface area contributed by atoms with E-state index in [1.165, 1.54) is 10.4 Å². The first kappa shape index (κ1) is 11.8. The molecule has 2 N–H and O–H groups in total. The molecular formula is C15H14N4S. The number of H-pyrrole nitrogens is 1. The van der Waals surface area contributed by atoms with E-state index in [9.17, 15) is 0 Å². The molecule has 4 nitrogen and oxygen atoms in total. The smallest absolute Gasteiger partial charge is 0.181 e. The number of rotatable bonds is 2. The van der Waals surface area contributed by atoms with Crippen molar-refractivity contribution >= 4 is 11.3 Å². The number of nitrogens with zero attached hydrogens (tertiary/aromatic N) is 2. The molecule has 3 heterocycles. The fourth-order valence-corrected chi connectivity index (χ4v) is 3.54. The van der Waals surface area contributed by atoms with Crippen LogP contribution in [0.5, 0.6) is 0 Å². The number of aromatic amines is 1. The Hall–Kier alpha value is -1.98. The highest BCUT2D eigenvalue weighted by atomic mass is 32.1. The molecule has 0 fully saturated rings. The van der Waals surface area contributed by atoms with E-state index in [1.807, 2.05) is 41.7 Å². The van der Waals surface area contributed by atoms with Gasteiger partial charge in [0.05, 0.1) is 6.04 Å². The fourth-order valence-electron chi connectivity index (χ4n) is 2.61. The van der Waals surface area contributed by atoms with Crippen LogP contribution in [0.25, 0.3) is 11.4 Å². The highest BCUT2D eigenvalue weighted by molar-refractivity contribution is 7.10. The lowest BCUT2D eigenvalue weighted by Crippen LogP contribution is -2.30. The Morgan fingerprint density at radius 1 is 1.15 bits per heavy atom. The second-order valence-electron chi connectivity index (χ2n) is 4.85. The van der Waals surface area contributed by atoms with Gasteiger partial charge in [0.2, 0.25) is 0 Å². The van der Waals surface area contributed by atoms with E-state index in [4.69, 9.17) is 0 Å². The first-order valence-corrected chi connectivity index (χ1v) is 7.57. The molecule has 0 amide bonds. The van der Waals surface area contributed by atoms with Gasteiger partial charge in [0, 0.05) is 17.0 Å². The zero-order chi connectivity index (χ0) is 13.4. The van der Waals surface area contributed by atoms with Crippen molar-refractivity contribution in [2.45, 2.75) is 12.5 Å². The summed E-state index contributed by atoms with van der Waals surface area (Å²) < 4.78 is 0. The highest BCUT2D eigenvalue weighted by Crippen LogP contribution is 2.31. The van der Waals surface area contributed by atoms with Crippen LogP contribution >= 0.6 is 11.3 Å². The Bertz CT molecular complexity index is 716. The third-order valence-electron chi connectivity index (χ3n) is 3.60. The maximum atomic E-state index is 4.66. The minimum Gasteiger partial charge on any atom is -0.303 e. The van der Waals surface area contributed by atoms with E-state index >= 15 is 0 Å². The number of benzene rings is 1. The van der Waals surface area contributed by atoms with Crippen LogP contribution in [0.2, 0.25) is 0 Å². The maximum Gasteiger partial charge on any atom is 0.181 e. The lowest BCUT2D eigenvalue weighted by atomic mass is 10.0. The van der Waals surface area contributed by atoms with Crippen LogP contribution in [0.15, 0.2) is 41.8 Å². The zero-order valence-electron chi connectivity index (χ0n) is 10.8. The Balaban J connectivity index is 1.70. The standard InChI is InChI=1S/C15H14N4S/c1-2-4-10(5-3-1)14-17-15(19-18-14)13-11-7-9-20-12(11)6-8-16-13/h1-5,7,9,13,16H,6,8H2,(H,17,18,19). The molecule has 0 saturated carbocycles. The number of fused-ring (bicyclic) bond motifs is 1. The summed E-state index contributed by atoms with van der Waals surface area (Å²) in [5.41, 5.74) is 2.37. The van der Waals surface area contributed by atoms with Crippen molar-refractivity contribution in [3.8, 4) is 11.4 Å². The van der Waals surface area contributed by atoms with Gasteiger partial charge in [-0.05, 0) is 23.4 Å². The van der Waals surface area contributed by atoms with E-state index in [1.54, 1.807) is 0 Å². The Labute approximate surface area is 120 Å². The van der Waals surface area contributed by atoms with Crippen LogP contribution in [0.3, 0.4) is 0 Å². The maximum absolute atomic E-state index is 4.66. The molecule has 3 aromatic rings. The number of hydrogen-bond donors (Lipinski definition) is 2. The van der Waals surface area contributed by atoms with Gasteiger partial charge in [0.25, 0.3) is 0 Å². The average molecular weight is 282 g/mol. The first-order chi connectivity index (χ1) is 9.92. The second-order valence-corrected chi connectivity index (χ2v) is 5.85. The van der Waals surface area contributed by atoms with Crippen LogP contribution < -0.4 is 5.32 Å². The molecule has 0 saturated heterocycles. The number of aromatic nitrogens is 3. The van der Waals surface area contributed by atoms with Gasteiger partial charge < -0.3 is 5.32 Å². The van der Waals surface area contributed by atoms with E-state index in [0.29, 0.717) is 0 Å². The second kappa shape index (κ2) is 4.85. The van der Waals surface area contributed by atoms with Crippen molar-refractivity contribution in [1.29, 1.82) is 0 Å². The van der Waals surface area contributed by atoms with Crippen LogP contribution in [0.1, 0.15) is 22.3 Å². The summed E-state index contributed by atoms with van der Waals surface area (Å²) in [4.78, 5) is 6.11. The molecule has 4 rings (SSSR count). The zero-order valence-corrected chi connectivity index (χ0v) is 11.7. The molecule has 0 aliphatic carbocycles. The molecule has 5 heteroatoms.